The standard InChI is InChI=1S/C12H16N2O4S/c1-8-4-3-5-10-11(8)18-12(14-10)13-6-9(15)7-19(2,16)17/h3-5,9,15H,6-7H2,1-2H3,(H,13,14). The maximum Gasteiger partial charge on any atom is 0.295 e. The van der Waals surface area contributed by atoms with Crippen molar-refractivity contribution in [1.82, 2.24) is 4.98 Å². The number of aromatic nitrogens is 1. The van der Waals surface area contributed by atoms with Gasteiger partial charge in [-0.05, 0) is 18.6 Å². The molecule has 0 aliphatic heterocycles. The molecule has 2 aromatic rings. The minimum atomic E-state index is -3.20. The van der Waals surface area contributed by atoms with E-state index in [1.807, 2.05) is 25.1 Å². The van der Waals surface area contributed by atoms with Gasteiger partial charge in [0.15, 0.2) is 5.58 Å². The van der Waals surface area contributed by atoms with Gasteiger partial charge in [-0.1, -0.05) is 12.1 Å². The van der Waals surface area contributed by atoms with Gasteiger partial charge in [0.25, 0.3) is 6.01 Å². The van der Waals surface area contributed by atoms with Crippen LogP contribution in [0.5, 0.6) is 0 Å². The second-order valence-electron chi connectivity index (χ2n) is 4.57. The highest BCUT2D eigenvalue weighted by Gasteiger charge is 2.14. The van der Waals surface area contributed by atoms with Gasteiger partial charge >= 0.3 is 0 Å². The average Bonchev–Trinajstić information content (AvgIpc) is 2.68. The highest BCUT2D eigenvalue weighted by atomic mass is 32.2. The quantitative estimate of drug-likeness (QED) is 0.849. The first-order valence-corrected chi connectivity index (χ1v) is 7.87. The lowest BCUT2D eigenvalue weighted by Crippen LogP contribution is -2.27. The summed E-state index contributed by atoms with van der Waals surface area (Å²) in [7, 11) is -3.20. The number of oxazole rings is 1. The number of sulfone groups is 1. The summed E-state index contributed by atoms with van der Waals surface area (Å²) in [6.07, 6.45) is 0.0880. The lowest BCUT2D eigenvalue weighted by atomic mass is 10.2. The molecule has 1 aromatic carbocycles. The van der Waals surface area contributed by atoms with Crippen LogP contribution in [0, 0.1) is 6.92 Å². The number of nitrogens with one attached hydrogen (secondary N) is 1. The van der Waals surface area contributed by atoms with Crippen LogP contribution in [0.25, 0.3) is 11.1 Å². The minimum absolute atomic E-state index is 0.0684. The number of para-hydroxylation sites is 1. The maximum absolute atomic E-state index is 11.0. The molecule has 0 saturated carbocycles. The Morgan fingerprint density at radius 2 is 2.21 bits per heavy atom. The summed E-state index contributed by atoms with van der Waals surface area (Å²) in [5, 5.41) is 12.4. The summed E-state index contributed by atoms with van der Waals surface area (Å²) in [6, 6.07) is 5.89. The first-order valence-electron chi connectivity index (χ1n) is 5.81. The van der Waals surface area contributed by atoms with Crippen LogP contribution in [0.1, 0.15) is 5.56 Å². The molecule has 104 valence electrons. The molecule has 1 atom stereocenters. The Morgan fingerprint density at radius 3 is 2.84 bits per heavy atom. The lowest BCUT2D eigenvalue weighted by Gasteiger charge is -2.08. The van der Waals surface area contributed by atoms with E-state index in [-0.39, 0.29) is 18.3 Å². The lowest BCUT2D eigenvalue weighted by molar-refractivity contribution is 0.210. The number of aliphatic hydroxyl groups is 1. The Bertz CT molecular complexity index is 678. The van der Waals surface area contributed by atoms with Gasteiger partial charge in [-0.25, -0.2) is 8.42 Å². The van der Waals surface area contributed by atoms with E-state index in [9.17, 15) is 13.5 Å². The molecule has 0 aliphatic rings. The van der Waals surface area contributed by atoms with Gasteiger partial charge in [-0.15, -0.1) is 0 Å². The van der Waals surface area contributed by atoms with Gasteiger partial charge in [0.05, 0.1) is 11.9 Å². The molecular weight excluding hydrogens is 268 g/mol. The maximum atomic E-state index is 11.0. The molecule has 2 N–H and O–H groups in total. The molecule has 1 aromatic heterocycles. The van der Waals surface area contributed by atoms with E-state index in [4.69, 9.17) is 4.42 Å². The van der Waals surface area contributed by atoms with Crippen LogP contribution >= 0.6 is 0 Å². The molecule has 0 fully saturated rings. The van der Waals surface area contributed by atoms with Crippen molar-refractivity contribution in [3.05, 3.63) is 23.8 Å². The molecule has 0 bridgehead atoms. The summed E-state index contributed by atoms with van der Waals surface area (Å²) in [6.45, 7) is 1.98. The van der Waals surface area contributed by atoms with Gasteiger partial charge in [0.2, 0.25) is 0 Å². The third-order valence-corrected chi connectivity index (χ3v) is 3.59. The van der Waals surface area contributed by atoms with E-state index in [0.29, 0.717) is 5.58 Å². The molecular formula is C12H16N2O4S. The molecule has 7 heteroatoms. The second kappa shape index (κ2) is 5.18. The highest BCUT2D eigenvalue weighted by molar-refractivity contribution is 7.90. The van der Waals surface area contributed by atoms with E-state index in [2.05, 4.69) is 10.3 Å². The Kier molecular flexibility index (Phi) is 3.77. The third kappa shape index (κ3) is 3.68. The normalized spacial score (nSPS) is 13.6. The summed E-state index contributed by atoms with van der Waals surface area (Å²) in [5.74, 6) is -0.292. The number of hydrogen-bond acceptors (Lipinski definition) is 6. The Labute approximate surface area is 111 Å². The SMILES string of the molecule is Cc1cccc2nc(NCC(O)CS(C)(=O)=O)oc12. The van der Waals surface area contributed by atoms with Crippen molar-refractivity contribution in [1.29, 1.82) is 0 Å². The van der Waals surface area contributed by atoms with Crippen molar-refractivity contribution >= 4 is 27.0 Å². The van der Waals surface area contributed by atoms with E-state index in [1.165, 1.54) is 0 Å². The summed E-state index contributed by atoms with van der Waals surface area (Å²) >= 11 is 0. The zero-order valence-corrected chi connectivity index (χ0v) is 11.6. The number of fused-ring (bicyclic) bond motifs is 1. The number of hydrogen-bond donors (Lipinski definition) is 2. The van der Waals surface area contributed by atoms with Crippen molar-refractivity contribution in [2.75, 3.05) is 23.9 Å². The largest absolute Gasteiger partial charge is 0.423 e. The molecule has 1 heterocycles. The molecule has 0 spiro atoms. The molecule has 1 unspecified atom stereocenters. The summed E-state index contributed by atoms with van der Waals surface area (Å²) < 4.78 is 27.5. The molecule has 19 heavy (non-hydrogen) atoms. The van der Waals surface area contributed by atoms with Gasteiger partial charge in [0, 0.05) is 12.8 Å². The number of rotatable bonds is 5. The molecule has 2 rings (SSSR count). The average molecular weight is 284 g/mol. The zero-order valence-electron chi connectivity index (χ0n) is 10.8. The molecule has 6 nitrogen and oxygen atoms in total. The van der Waals surface area contributed by atoms with Gasteiger partial charge in [0.1, 0.15) is 15.4 Å². The van der Waals surface area contributed by atoms with Crippen molar-refractivity contribution in [3.8, 4) is 0 Å². The molecule has 0 saturated heterocycles. The Hall–Kier alpha value is -1.60. The number of benzene rings is 1. The van der Waals surface area contributed by atoms with E-state index < -0.39 is 15.9 Å². The topological polar surface area (TPSA) is 92.4 Å². The van der Waals surface area contributed by atoms with Crippen LogP contribution in [0.2, 0.25) is 0 Å². The predicted octanol–water partition coefficient (Wildman–Crippen LogP) is 0.954. The van der Waals surface area contributed by atoms with Gasteiger partial charge < -0.3 is 14.8 Å². The summed E-state index contributed by atoms with van der Waals surface area (Å²) in [4.78, 5) is 4.20. The van der Waals surface area contributed by atoms with Crippen LogP contribution in [0.3, 0.4) is 0 Å². The fourth-order valence-electron chi connectivity index (χ4n) is 1.78. The Balaban J connectivity index is 2.04. The minimum Gasteiger partial charge on any atom is -0.423 e. The smallest absolute Gasteiger partial charge is 0.295 e. The first kappa shape index (κ1) is 13.8. The van der Waals surface area contributed by atoms with Crippen molar-refractivity contribution < 1.29 is 17.9 Å². The zero-order chi connectivity index (χ0) is 14.0. The molecule has 0 radical (unpaired) electrons. The first-order chi connectivity index (χ1) is 8.85. The fraction of sp³-hybridized carbons (Fsp3) is 0.417. The van der Waals surface area contributed by atoms with Crippen LogP contribution in [-0.2, 0) is 9.84 Å². The van der Waals surface area contributed by atoms with Gasteiger partial charge in [-0.2, -0.15) is 4.98 Å². The molecule has 0 amide bonds. The van der Waals surface area contributed by atoms with Crippen molar-refractivity contribution in [2.24, 2.45) is 0 Å². The number of aliphatic hydroxyl groups excluding tert-OH is 1. The second-order valence-corrected chi connectivity index (χ2v) is 6.75. The monoisotopic (exact) mass is 284 g/mol. The summed E-state index contributed by atoms with van der Waals surface area (Å²) in [5.41, 5.74) is 2.37. The van der Waals surface area contributed by atoms with E-state index in [0.717, 1.165) is 17.3 Å². The van der Waals surface area contributed by atoms with Crippen LogP contribution in [-0.4, -0.2) is 43.2 Å². The van der Waals surface area contributed by atoms with Gasteiger partial charge in [-0.3, -0.25) is 0 Å². The predicted molar refractivity (Wildman–Crippen MR) is 73.0 cm³/mol. The fourth-order valence-corrected chi connectivity index (χ4v) is 2.59. The third-order valence-electron chi connectivity index (χ3n) is 2.60. The van der Waals surface area contributed by atoms with Crippen LogP contribution in [0.4, 0.5) is 6.01 Å². The van der Waals surface area contributed by atoms with E-state index >= 15 is 0 Å². The van der Waals surface area contributed by atoms with E-state index in [1.54, 1.807) is 0 Å². The molecule has 0 aliphatic carbocycles. The van der Waals surface area contributed by atoms with Crippen LogP contribution in [0.15, 0.2) is 22.6 Å². The van der Waals surface area contributed by atoms with Crippen molar-refractivity contribution in [3.63, 3.8) is 0 Å². The number of nitrogens with zero attached hydrogens (tertiary/aromatic N) is 1. The number of anilines is 1. The Morgan fingerprint density at radius 1 is 1.47 bits per heavy atom. The van der Waals surface area contributed by atoms with Crippen LogP contribution < -0.4 is 5.32 Å². The highest BCUT2D eigenvalue weighted by Crippen LogP contribution is 2.21. The van der Waals surface area contributed by atoms with Crippen molar-refractivity contribution in [2.45, 2.75) is 13.0 Å². The number of aryl methyl sites for hydroxylation is 1.